The Bertz CT molecular complexity index is 359. The van der Waals surface area contributed by atoms with E-state index in [0.29, 0.717) is 13.0 Å². The lowest BCUT2D eigenvalue weighted by Crippen LogP contribution is -2.55. The van der Waals surface area contributed by atoms with Gasteiger partial charge in [-0.1, -0.05) is 34.1 Å². The molecule has 6 heteroatoms. The minimum atomic E-state index is -0.619. The fraction of sp³-hybridized carbons (Fsp3) is 0.812. The van der Waals surface area contributed by atoms with Crippen LogP contribution in [0.5, 0.6) is 0 Å². The van der Waals surface area contributed by atoms with Crippen molar-refractivity contribution < 1.29 is 14.4 Å². The van der Waals surface area contributed by atoms with Gasteiger partial charge in [-0.25, -0.2) is 0 Å². The van der Waals surface area contributed by atoms with Crippen molar-refractivity contribution in [2.24, 2.45) is 17.6 Å². The molecule has 0 fully saturated rings. The first-order chi connectivity index (χ1) is 10.3. The molecule has 0 saturated carbocycles. The molecule has 0 aliphatic heterocycles. The van der Waals surface area contributed by atoms with Crippen molar-refractivity contribution in [2.45, 2.75) is 65.5 Å². The molecule has 0 bridgehead atoms. The van der Waals surface area contributed by atoms with Crippen molar-refractivity contribution >= 4 is 18.1 Å². The van der Waals surface area contributed by atoms with E-state index in [1.807, 2.05) is 27.7 Å². The second-order valence-corrected chi connectivity index (χ2v) is 6.10. The Labute approximate surface area is 133 Å². The van der Waals surface area contributed by atoms with Gasteiger partial charge in [-0.3, -0.25) is 9.59 Å². The van der Waals surface area contributed by atoms with E-state index < -0.39 is 12.1 Å². The van der Waals surface area contributed by atoms with E-state index in [1.165, 1.54) is 0 Å². The average molecular weight is 313 g/mol. The molecule has 0 aliphatic carbocycles. The maximum Gasteiger partial charge on any atom is 0.242 e. The van der Waals surface area contributed by atoms with Crippen LogP contribution in [0.25, 0.3) is 0 Å². The van der Waals surface area contributed by atoms with E-state index in [1.54, 1.807) is 0 Å². The summed E-state index contributed by atoms with van der Waals surface area (Å²) in [6, 6.07) is -1.19. The third kappa shape index (κ3) is 7.54. The van der Waals surface area contributed by atoms with Gasteiger partial charge in [-0.05, 0) is 24.7 Å². The zero-order chi connectivity index (χ0) is 17.1. The highest BCUT2D eigenvalue weighted by molar-refractivity contribution is 5.90. The van der Waals surface area contributed by atoms with Crippen LogP contribution in [-0.4, -0.2) is 36.7 Å². The number of nitrogens with two attached hydrogens (primary N) is 1. The van der Waals surface area contributed by atoms with Crippen LogP contribution in [0, 0.1) is 11.8 Å². The Hall–Kier alpha value is -1.43. The van der Waals surface area contributed by atoms with E-state index in [2.05, 4.69) is 10.6 Å². The van der Waals surface area contributed by atoms with Crippen LogP contribution in [0.3, 0.4) is 0 Å². The van der Waals surface area contributed by atoms with Crippen molar-refractivity contribution in [1.82, 2.24) is 10.6 Å². The summed E-state index contributed by atoms with van der Waals surface area (Å²) in [7, 11) is 0. The highest BCUT2D eigenvalue weighted by atomic mass is 16.2. The molecule has 0 aromatic rings. The lowest BCUT2D eigenvalue weighted by atomic mass is 9.96. The fourth-order valence-corrected chi connectivity index (χ4v) is 1.93. The SMILES string of the molecule is CC[C@@H](C)[C@@H](NC(=O)[C@H](N)C(C)C)C(=O)NCCCCC=O. The zero-order valence-electron chi connectivity index (χ0n) is 14.2. The molecular weight excluding hydrogens is 282 g/mol. The molecule has 0 aliphatic rings. The van der Waals surface area contributed by atoms with Crippen LogP contribution in [-0.2, 0) is 14.4 Å². The van der Waals surface area contributed by atoms with Gasteiger partial charge in [0.2, 0.25) is 11.8 Å². The van der Waals surface area contributed by atoms with E-state index >= 15 is 0 Å². The summed E-state index contributed by atoms with van der Waals surface area (Å²) in [5.74, 6) is -0.441. The number of rotatable bonds is 11. The van der Waals surface area contributed by atoms with Gasteiger partial charge >= 0.3 is 0 Å². The summed E-state index contributed by atoms with van der Waals surface area (Å²) in [4.78, 5) is 34.6. The van der Waals surface area contributed by atoms with E-state index in [4.69, 9.17) is 5.73 Å². The molecule has 0 unspecified atom stereocenters. The van der Waals surface area contributed by atoms with Crippen LogP contribution in [0.2, 0.25) is 0 Å². The van der Waals surface area contributed by atoms with Crippen molar-refractivity contribution in [3.8, 4) is 0 Å². The molecule has 6 nitrogen and oxygen atoms in total. The predicted molar refractivity (Wildman–Crippen MR) is 87.1 cm³/mol. The van der Waals surface area contributed by atoms with Gasteiger partial charge in [0.25, 0.3) is 0 Å². The van der Waals surface area contributed by atoms with E-state index in [0.717, 1.165) is 25.5 Å². The molecule has 0 spiro atoms. The van der Waals surface area contributed by atoms with Gasteiger partial charge in [0.1, 0.15) is 12.3 Å². The number of unbranched alkanes of at least 4 members (excludes halogenated alkanes) is 2. The smallest absolute Gasteiger partial charge is 0.242 e. The zero-order valence-corrected chi connectivity index (χ0v) is 14.2. The quantitative estimate of drug-likeness (QED) is 0.391. The summed E-state index contributed by atoms with van der Waals surface area (Å²) >= 11 is 0. The van der Waals surface area contributed by atoms with Gasteiger partial charge in [0.15, 0.2) is 0 Å². The summed E-state index contributed by atoms with van der Waals surface area (Å²) in [5.41, 5.74) is 5.83. The first kappa shape index (κ1) is 20.6. The van der Waals surface area contributed by atoms with Crippen molar-refractivity contribution in [1.29, 1.82) is 0 Å². The Morgan fingerprint density at radius 2 is 1.77 bits per heavy atom. The Morgan fingerprint density at radius 3 is 2.27 bits per heavy atom. The Kier molecular flexibility index (Phi) is 10.5. The Balaban J connectivity index is 4.53. The van der Waals surface area contributed by atoms with Gasteiger partial charge < -0.3 is 21.2 Å². The number of hydrogen-bond acceptors (Lipinski definition) is 4. The lowest BCUT2D eigenvalue weighted by Gasteiger charge is -2.26. The summed E-state index contributed by atoms with van der Waals surface area (Å²) in [5, 5.41) is 5.59. The summed E-state index contributed by atoms with van der Waals surface area (Å²) < 4.78 is 0. The monoisotopic (exact) mass is 313 g/mol. The van der Waals surface area contributed by atoms with Crippen molar-refractivity contribution in [2.75, 3.05) is 6.54 Å². The lowest BCUT2D eigenvalue weighted by molar-refractivity contribution is -0.131. The van der Waals surface area contributed by atoms with E-state index in [9.17, 15) is 14.4 Å². The van der Waals surface area contributed by atoms with Crippen LogP contribution in [0.4, 0.5) is 0 Å². The molecule has 128 valence electrons. The molecule has 22 heavy (non-hydrogen) atoms. The molecule has 0 heterocycles. The molecule has 0 aromatic carbocycles. The third-order valence-electron chi connectivity index (χ3n) is 3.86. The molecule has 0 saturated heterocycles. The van der Waals surface area contributed by atoms with Gasteiger partial charge in [0, 0.05) is 13.0 Å². The maximum atomic E-state index is 12.3. The molecule has 4 N–H and O–H groups in total. The van der Waals surface area contributed by atoms with Crippen molar-refractivity contribution in [3.05, 3.63) is 0 Å². The Morgan fingerprint density at radius 1 is 1.14 bits per heavy atom. The second-order valence-electron chi connectivity index (χ2n) is 6.10. The highest BCUT2D eigenvalue weighted by Gasteiger charge is 2.28. The number of nitrogens with one attached hydrogen (secondary N) is 2. The van der Waals surface area contributed by atoms with Gasteiger partial charge in [-0.2, -0.15) is 0 Å². The number of amides is 2. The van der Waals surface area contributed by atoms with Crippen LogP contribution in [0.15, 0.2) is 0 Å². The van der Waals surface area contributed by atoms with Gasteiger partial charge in [-0.15, -0.1) is 0 Å². The minimum Gasteiger partial charge on any atom is -0.354 e. The maximum absolute atomic E-state index is 12.3. The molecular formula is C16H31N3O3. The number of hydrogen-bond donors (Lipinski definition) is 3. The largest absolute Gasteiger partial charge is 0.354 e. The van der Waals surface area contributed by atoms with Crippen molar-refractivity contribution in [3.63, 3.8) is 0 Å². The number of carbonyl (C=O) groups excluding carboxylic acids is 3. The molecule has 0 radical (unpaired) electrons. The molecule has 3 atom stereocenters. The standard InChI is InChI=1S/C16H31N3O3/c1-5-12(4)14(19-15(21)13(17)11(2)3)16(22)18-9-7-6-8-10-20/h10-14H,5-9,17H2,1-4H3,(H,18,22)(H,19,21)/t12-,13-,14-/m1/s1. The van der Waals surface area contributed by atoms with Gasteiger partial charge in [0.05, 0.1) is 6.04 Å². The first-order valence-electron chi connectivity index (χ1n) is 8.12. The topological polar surface area (TPSA) is 101 Å². The van der Waals surface area contributed by atoms with Crippen LogP contribution < -0.4 is 16.4 Å². The third-order valence-corrected chi connectivity index (χ3v) is 3.86. The van der Waals surface area contributed by atoms with E-state index in [-0.39, 0.29) is 23.7 Å². The number of aldehydes is 1. The second kappa shape index (κ2) is 11.2. The highest BCUT2D eigenvalue weighted by Crippen LogP contribution is 2.09. The minimum absolute atomic E-state index is 0.0176. The van der Waals surface area contributed by atoms with Crippen LogP contribution >= 0.6 is 0 Å². The average Bonchev–Trinajstić information content (AvgIpc) is 2.50. The fourth-order valence-electron chi connectivity index (χ4n) is 1.93. The number of carbonyl (C=O) groups is 3. The summed E-state index contributed by atoms with van der Waals surface area (Å²) in [6.07, 6.45) is 3.65. The normalized spacial score (nSPS) is 15.0. The van der Waals surface area contributed by atoms with Crippen LogP contribution in [0.1, 0.15) is 53.4 Å². The first-order valence-corrected chi connectivity index (χ1v) is 8.12. The summed E-state index contributed by atoms with van der Waals surface area (Å²) in [6.45, 7) is 8.15. The molecule has 0 aromatic heterocycles. The molecule has 2 amide bonds. The molecule has 0 rings (SSSR count). The predicted octanol–water partition coefficient (Wildman–Crippen LogP) is 0.986.